The van der Waals surface area contributed by atoms with Gasteiger partial charge in [0.05, 0.1) is 11.3 Å². The molecule has 0 saturated heterocycles. The van der Waals surface area contributed by atoms with Gasteiger partial charge in [-0.05, 0) is 25.5 Å². The minimum Gasteiger partial charge on any atom is -0.478 e. The summed E-state index contributed by atoms with van der Waals surface area (Å²) in [6.07, 6.45) is 4.88. The molecule has 0 aromatic carbocycles. The van der Waals surface area contributed by atoms with E-state index in [4.69, 9.17) is 0 Å². The fraction of sp³-hybridized carbons (Fsp3) is 0.231. The number of rotatable bonds is 4. The summed E-state index contributed by atoms with van der Waals surface area (Å²) in [6.45, 7) is 3.63. The van der Waals surface area contributed by atoms with Gasteiger partial charge in [0.1, 0.15) is 5.03 Å². The van der Waals surface area contributed by atoms with Crippen molar-refractivity contribution in [3.63, 3.8) is 0 Å². The van der Waals surface area contributed by atoms with E-state index < -0.39 is 5.97 Å². The number of carboxylic acid groups (broad SMARTS) is 1. The first-order valence-corrected chi connectivity index (χ1v) is 6.65. The SMILES string of the molecule is Cc1cc(C)c(C(=O)O)c(SCc2cnccn2)n1. The Bertz CT molecular complexity index is 602. The Morgan fingerprint density at radius 3 is 2.79 bits per heavy atom. The highest BCUT2D eigenvalue weighted by atomic mass is 32.2. The highest BCUT2D eigenvalue weighted by molar-refractivity contribution is 7.98. The van der Waals surface area contributed by atoms with Crippen LogP contribution in [0.3, 0.4) is 0 Å². The Morgan fingerprint density at radius 1 is 1.37 bits per heavy atom. The number of aryl methyl sites for hydroxylation is 2. The topological polar surface area (TPSA) is 76.0 Å². The van der Waals surface area contributed by atoms with Gasteiger partial charge in [0.2, 0.25) is 0 Å². The van der Waals surface area contributed by atoms with Crippen molar-refractivity contribution in [1.29, 1.82) is 0 Å². The Hall–Kier alpha value is -1.95. The van der Waals surface area contributed by atoms with Crippen molar-refractivity contribution >= 4 is 17.7 Å². The van der Waals surface area contributed by atoms with E-state index in [0.717, 1.165) is 17.0 Å². The van der Waals surface area contributed by atoms with Gasteiger partial charge in [0.25, 0.3) is 0 Å². The van der Waals surface area contributed by atoms with Crippen molar-refractivity contribution in [3.05, 3.63) is 47.2 Å². The molecule has 98 valence electrons. The van der Waals surface area contributed by atoms with Gasteiger partial charge in [-0.1, -0.05) is 11.8 Å². The first kappa shape index (κ1) is 13.5. The van der Waals surface area contributed by atoms with Crippen LogP contribution in [-0.4, -0.2) is 26.0 Å². The number of aromatic carboxylic acids is 1. The first-order valence-electron chi connectivity index (χ1n) is 5.67. The highest BCUT2D eigenvalue weighted by Crippen LogP contribution is 2.26. The van der Waals surface area contributed by atoms with Crippen molar-refractivity contribution in [3.8, 4) is 0 Å². The number of carboxylic acids is 1. The van der Waals surface area contributed by atoms with E-state index in [1.807, 2.05) is 6.92 Å². The predicted molar refractivity (Wildman–Crippen MR) is 72.3 cm³/mol. The number of carbonyl (C=O) groups is 1. The summed E-state index contributed by atoms with van der Waals surface area (Å²) in [7, 11) is 0. The van der Waals surface area contributed by atoms with Gasteiger partial charge in [-0.2, -0.15) is 0 Å². The van der Waals surface area contributed by atoms with Gasteiger partial charge >= 0.3 is 5.97 Å². The second kappa shape index (κ2) is 5.79. The molecule has 0 amide bonds. The molecule has 0 bridgehead atoms. The van der Waals surface area contributed by atoms with E-state index in [0.29, 0.717) is 10.8 Å². The molecule has 0 fully saturated rings. The van der Waals surface area contributed by atoms with Crippen molar-refractivity contribution in [2.45, 2.75) is 24.6 Å². The zero-order valence-corrected chi connectivity index (χ0v) is 11.4. The summed E-state index contributed by atoms with van der Waals surface area (Å²) in [5.74, 6) is -0.407. The third-order valence-electron chi connectivity index (χ3n) is 2.50. The van der Waals surface area contributed by atoms with Gasteiger partial charge in [0.15, 0.2) is 0 Å². The molecule has 2 heterocycles. The lowest BCUT2D eigenvalue weighted by Gasteiger charge is -2.08. The molecule has 2 aromatic rings. The average molecular weight is 275 g/mol. The maximum atomic E-state index is 11.3. The fourth-order valence-electron chi connectivity index (χ4n) is 1.71. The van der Waals surface area contributed by atoms with E-state index in [-0.39, 0.29) is 5.56 Å². The van der Waals surface area contributed by atoms with Crippen molar-refractivity contribution in [2.24, 2.45) is 0 Å². The number of thioether (sulfide) groups is 1. The van der Waals surface area contributed by atoms with E-state index in [9.17, 15) is 9.90 Å². The highest BCUT2D eigenvalue weighted by Gasteiger charge is 2.16. The molecule has 2 rings (SSSR count). The zero-order chi connectivity index (χ0) is 13.8. The lowest BCUT2D eigenvalue weighted by Crippen LogP contribution is -2.05. The lowest BCUT2D eigenvalue weighted by atomic mass is 10.1. The van der Waals surface area contributed by atoms with Crippen LogP contribution in [0.1, 0.15) is 27.3 Å². The zero-order valence-electron chi connectivity index (χ0n) is 10.6. The maximum Gasteiger partial charge on any atom is 0.338 e. The molecule has 0 aliphatic rings. The summed E-state index contributed by atoms with van der Waals surface area (Å²) < 4.78 is 0. The molecule has 2 aromatic heterocycles. The number of nitrogens with zero attached hydrogens (tertiary/aromatic N) is 3. The smallest absolute Gasteiger partial charge is 0.338 e. The van der Waals surface area contributed by atoms with Crippen LogP contribution in [0.25, 0.3) is 0 Å². The standard InChI is InChI=1S/C13H13N3O2S/c1-8-5-9(2)16-12(11(8)13(17)18)19-7-10-6-14-3-4-15-10/h3-6H,7H2,1-2H3,(H,17,18). The third-order valence-corrected chi connectivity index (χ3v) is 3.51. The van der Waals surface area contributed by atoms with E-state index in [1.165, 1.54) is 11.8 Å². The summed E-state index contributed by atoms with van der Waals surface area (Å²) in [4.78, 5) is 23.7. The van der Waals surface area contributed by atoms with Gasteiger partial charge in [-0.3, -0.25) is 9.97 Å². The number of hydrogen-bond donors (Lipinski definition) is 1. The van der Waals surface area contributed by atoms with Crippen molar-refractivity contribution < 1.29 is 9.90 Å². The van der Waals surface area contributed by atoms with Gasteiger partial charge in [-0.25, -0.2) is 9.78 Å². The molecule has 0 unspecified atom stereocenters. The Kier molecular flexibility index (Phi) is 4.11. The minimum atomic E-state index is -0.952. The van der Waals surface area contributed by atoms with E-state index in [1.54, 1.807) is 31.6 Å². The summed E-state index contributed by atoms with van der Waals surface area (Å²) >= 11 is 1.36. The van der Waals surface area contributed by atoms with Crippen LogP contribution in [0.5, 0.6) is 0 Å². The third kappa shape index (κ3) is 3.29. The molecule has 19 heavy (non-hydrogen) atoms. The molecular weight excluding hydrogens is 262 g/mol. The Morgan fingerprint density at radius 2 is 2.16 bits per heavy atom. The molecule has 0 atom stereocenters. The quantitative estimate of drug-likeness (QED) is 0.864. The average Bonchev–Trinajstić information content (AvgIpc) is 2.36. The second-order valence-corrected chi connectivity index (χ2v) is 5.02. The minimum absolute atomic E-state index is 0.263. The second-order valence-electron chi connectivity index (χ2n) is 4.05. The van der Waals surface area contributed by atoms with E-state index >= 15 is 0 Å². The van der Waals surface area contributed by atoms with Crippen molar-refractivity contribution in [2.75, 3.05) is 0 Å². The molecule has 0 aliphatic heterocycles. The van der Waals surface area contributed by atoms with Gasteiger partial charge in [-0.15, -0.1) is 0 Å². The predicted octanol–water partition coefficient (Wildman–Crippen LogP) is 2.48. The Labute approximate surface area is 115 Å². The van der Waals surface area contributed by atoms with Crippen molar-refractivity contribution in [1.82, 2.24) is 15.0 Å². The summed E-state index contributed by atoms with van der Waals surface area (Å²) in [5.41, 5.74) is 2.59. The molecule has 5 nitrogen and oxygen atoms in total. The molecule has 0 spiro atoms. The normalized spacial score (nSPS) is 10.4. The molecule has 0 aliphatic carbocycles. The molecule has 1 N–H and O–H groups in total. The molecule has 6 heteroatoms. The first-order chi connectivity index (χ1) is 9.08. The Balaban J connectivity index is 2.27. The van der Waals surface area contributed by atoms with Crippen LogP contribution >= 0.6 is 11.8 Å². The number of hydrogen-bond acceptors (Lipinski definition) is 5. The van der Waals surface area contributed by atoms with Gasteiger partial charge < -0.3 is 5.11 Å². The van der Waals surface area contributed by atoms with Gasteiger partial charge in [0, 0.05) is 30.0 Å². The summed E-state index contributed by atoms with van der Waals surface area (Å²) in [5, 5.41) is 9.78. The largest absolute Gasteiger partial charge is 0.478 e. The molecule has 0 radical (unpaired) electrons. The summed E-state index contributed by atoms with van der Waals surface area (Å²) in [6, 6.07) is 1.77. The molecule has 0 saturated carbocycles. The molecular formula is C13H13N3O2S. The maximum absolute atomic E-state index is 11.3. The van der Waals surface area contributed by atoms with Crippen LogP contribution in [0.2, 0.25) is 0 Å². The lowest BCUT2D eigenvalue weighted by molar-refractivity contribution is 0.0691. The van der Waals surface area contributed by atoms with Crippen LogP contribution in [-0.2, 0) is 5.75 Å². The van der Waals surface area contributed by atoms with Crippen LogP contribution in [0.4, 0.5) is 0 Å². The number of aromatic nitrogens is 3. The van der Waals surface area contributed by atoms with E-state index in [2.05, 4.69) is 15.0 Å². The fourth-order valence-corrected chi connectivity index (χ4v) is 2.75. The monoisotopic (exact) mass is 275 g/mol. The van der Waals surface area contributed by atoms with Crippen LogP contribution in [0.15, 0.2) is 29.7 Å². The number of pyridine rings is 1. The van der Waals surface area contributed by atoms with Crippen LogP contribution < -0.4 is 0 Å². The van der Waals surface area contributed by atoms with Crippen LogP contribution in [0, 0.1) is 13.8 Å².